The molecule has 1 aliphatic rings. The maximum absolute atomic E-state index is 12.2. The molecule has 0 aromatic heterocycles. The molecule has 1 amide bonds. The molecule has 120 valence electrons. The number of amides is 1. The molecule has 0 heterocycles. The summed E-state index contributed by atoms with van der Waals surface area (Å²) < 4.78 is 0. The highest BCUT2D eigenvalue weighted by atomic mass is 16.4. The predicted molar refractivity (Wildman–Crippen MR) is 79.6 cm³/mol. The Bertz CT molecular complexity index is 557. The molecule has 1 fully saturated rings. The van der Waals surface area contributed by atoms with Gasteiger partial charge in [-0.05, 0) is 37.0 Å². The molecule has 1 aliphatic carbocycles. The Labute approximate surface area is 128 Å². The van der Waals surface area contributed by atoms with Crippen molar-refractivity contribution in [3.63, 3.8) is 0 Å². The third kappa shape index (κ3) is 3.90. The van der Waals surface area contributed by atoms with Gasteiger partial charge in [0.2, 0.25) is 5.91 Å². The molecule has 0 unspecified atom stereocenters. The van der Waals surface area contributed by atoms with E-state index in [-0.39, 0.29) is 17.4 Å². The van der Waals surface area contributed by atoms with Crippen molar-refractivity contribution in [1.82, 2.24) is 5.32 Å². The number of hydrogen-bond acceptors (Lipinski definition) is 4. The van der Waals surface area contributed by atoms with Gasteiger partial charge < -0.3 is 20.6 Å². The Morgan fingerprint density at radius 2 is 1.77 bits per heavy atom. The Kier molecular flexibility index (Phi) is 5.25. The lowest BCUT2D eigenvalue weighted by Crippen LogP contribution is -2.40. The number of aromatic hydroxyl groups is 2. The highest BCUT2D eigenvalue weighted by Gasteiger charge is 2.35. The summed E-state index contributed by atoms with van der Waals surface area (Å²) in [7, 11) is 0. The Hall–Kier alpha value is -2.24. The van der Waals surface area contributed by atoms with Crippen LogP contribution in [-0.4, -0.2) is 33.7 Å². The van der Waals surface area contributed by atoms with Crippen molar-refractivity contribution in [2.75, 3.05) is 6.54 Å². The molecular formula is C16H21NO5. The van der Waals surface area contributed by atoms with Crippen LogP contribution >= 0.6 is 0 Å². The second kappa shape index (κ2) is 7.15. The molecule has 0 saturated heterocycles. The van der Waals surface area contributed by atoms with Gasteiger partial charge in [-0.25, -0.2) is 0 Å². The molecule has 22 heavy (non-hydrogen) atoms. The van der Waals surface area contributed by atoms with E-state index in [0.717, 1.165) is 18.4 Å². The predicted octanol–water partition coefficient (Wildman–Crippen LogP) is 1.65. The van der Waals surface area contributed by atoms with Crippen LogP contribution in [0, 0.1) is 11.8 Å². The summed E-state index contributed by atoms with van der Waals surface area (Å²) in [4.78, 5) is 23.4. The molecule has 6 nitrogen and oxygen atoms in total. The van der Waals surface area contributed by atoms with Crippen LogP contribution < -0.4 is 5.32 Å². The van der Waals surface area contributed by atoms with Crippen LogP contribution in [0.2, 0.25) is 0 Å². The molecule has 6 heteroatoms. The summed E-state index contributed by atoms with van der Waals surface area (Å²) in [5.41, 5.74) is 0.786. The maximum Gasteiger partial charge on any atom is 0.307 e. The van der Waals surface area contributed by atoms with Crippen molar-refractivity contribution in [1.29, 1.82) is 0 Å². The van der Waals surface area contributed by atoms with Crippen molar-refractivity contribution in [3.8, 4) is 11.5 Å². The zero-order valence-electron chi connectivity index (χ0n) is 12.3. The average molecular weight is 307 g/mol. The Balaban J connectivity index is 1.86. The molecule has 0 aliphatic heterocycles. The van der Waals surface area contributed by atoms with E-state index in [1.165, 1.54) is 12.1 Å². The fraction of sp³-hybridized carbons (Fsp3) is 0.500. The van der Waals surface area contributed by atoms with E-state index >= 15 is 0 Å². The number of carboxylic acid groups (broad SMARTS) is 1. The fourth-order valence-corrected chi connectivity index (χ4v) is 2.93. The van der Waals surface area contributed by atoms with Gasteiger partial charge in [0, 0.05) is 6.54 Å². The van der Waals surface area contributed by atoms with E-state index in [0.29, 0.717) is 25.8 Å². The van der Waals surface area contributed by atoms with Crippen LogP contribution in [0.3, 0.4) is 0 Å². The van der Waals surface area contributed by atoms with Gasteiger partial charge in [-0.1, -0.05) is 18.9 Å². The molecule has 0 spiro atoms. The second-order valence-corrected chi connectivity index (χ2v) is 5.70. The fourth-order valence-electron chi connectivity index (χ4n) is 2.93. The standard InChI is InChI=1S/C16H21NO5/c18-13-6-5-10(9-14(13)19)7-8-17-15(20)11-3-1-2-4-12(11)16(21)22/h5-6,9,11-12,18-19H,1-4,7-8H2,(H,17,20)(H,21,22)/t11-,12+/m1/s1. The zero-order valence-corrected chi connectivity index (χ0v) is 12.3. The van der Waals surface area contributed by atoms with Gasteiger partial charge >= 0.3 is 5.97 Å². The number of hydrogen-bond donors (Lipinski definition) is 4. The smallest absolute Gasteiger partial charge is 0.307 e. The highest BCUT2D eigenvalue weighted by Crippen LogP contribution is 2.30. The minimum Gasteiger partial charge on any atom is -0.504 e. The summed E-state index contributed by atoms with van der Waals surface area (Å²) in [6, 6.07) is 4.51. The van der Waals surface area contributed by atoms with E-state index in [2.05, 4.69) is 5.32 Å². The van der Waals surface area contributed by atoms with Crippen molar-refractivity contribution < 1.29 is 24.9 Å². The summed E-state index contributed by atoms with van der Waals surface area (Å²) in [5.74, 6) is -2.54. The number of aliphatic carboxylic acids is 1. The summed E-state index contributed by atoms with van der Waals surface area (Å²) in [6.07, 6.45) is 3.41. The minimum atomic E-state index is -0.900. The van der Waals surface area contributed by atoms with E-state index in [1.807, 2.05) is 0 Å². The quantitative estimate of drug-likeness (QED) is 0.619. The maximum atomic E-state index is 12.2. The van der Waals surface area contributed by atoms with E-state index in [4.69, 9.17) is 0 Å². The van der Waals surface area contributed by atoms with E-state index in [1.54, 1.807) is 6.07 Å². The summed E-state index contributed by atoms with van der Waals surface area (Å²) >= 11 is 0. The lowest BCUT2D eigenvalue weighted by atomic mass is 9.78. The van der Waals surface area contributed by atoms with Crippen LogP contribution in [0.1, 0.15) is 31.2 Å². The summed E-state index contributed by atoms with van der Waals surface area (Å²) in [6.45, 7) is 0.367. The molecule has 0 radical (unpaired) electrons. The van der Waals surface area contributed by atoms with Crippen LogP contribution in [0.15, 0.2) is 18.2 Å². The molecule has 4 N–H and O–H groups in total. The number of carbonyl (C=O) groups is 2. The van der Waals surface area contributed by atoms with E-state index in [9.17, 15) is 24.9 Å². The first-order valence-corrected chi connectivity index (χ1v) is 7.50. The third-order valence-electron chi connectivity index (χ3n) is 4.17. The van der Waals surface area contributed by atoms with Gasteiger partial charge in [0.1, 0.15) is 0 Å². The second-order valence-electron chi connectivity index (χ2n) is 5.70. The highest BCUT2D eigenvalue weighted by molar-refractivity contribution is 5.84. The van der Waals surface area contributed by atoms with Gasteiger partial charge in [-0.2, -0.15) is 0 Å². The first kappa shape index (κ1) is 16.1. The molecule has 2 rings (SSSR count). The number of phenols is 2. The van der Waals surface area contributed by atoms with Crippen molar-refractivity contribution in [2.24, 2.45) is 11.8 Å². The zero-order chi connectivity index (χ0) is 16.1. The summed E-state index contributed by atoms with van der Waals surface area (Å²) in [5, 5.41) is 30.6. The molecule has 0 bridgehead atoms. The number of benzene rings is 1. The van der Waals surface area contributed by atoms with Gasteiger partial charge in [0.25, 0.3) is 0 Å². The van der Waals surface area contributed by atoms with Crippen molar-refractivity contribution in [3.05, 3.63) is 23.8 Å². The van der Waals surface area contributed by atoms with Crippen LogP contribution in [-0.2, 0) is 16.0 Å². The molecule has 2 atom stereocenters. The molecule has 1 aromatic carbocycles. The van der Waals surface area contributed by atoms with Crippen molar-refractivity contribution in [2.45, 2.75) is 32.1 Å². The number of rotatable bonds is 5. The van der Waals surface area contributed by atoms with Crippen LogP contribution in [0.4, 0.5) is 0 Å². The molecule has 1 saturated carbocycles. The lowest BCUT2D eigenvalue weighted by Gasteiger charge is -2.27. The van der Waals surface area contributed by atoms with Gasteiger partial charge in [0.05, 0.1) is 11.8 Å². The third-order valence-corrected chi connectivity index (χ3v) is 4.17. The lowest BCUT2D eigenvalue weighted by molar-refractivity contribution is -0.148. The number of nitrogens with one attached hydrogen (secondary N) is 1. The first-order chi connectivity index (χ1) is 10.5. The normalized spacial score (nSPS) is 21.3. The minimum absolute atomic E-state index is 0.181. The first-order valence-electron chi connectivity index (χ1n) is 7.50. The Morgan fingerprint density at radius 1 is 1.09 bits per heavy atom. The van der Waals surface area contributed by atoms with Gasteiger partial charge in [-0.15, -0.1) is 0 Å². The Morgan fingerprint density at radius 3 is 2.41 bits per heavy atom. The van der Waals surface area contributed by atoms with Gasteiger partial charge in [-0.3, -0.25) is 9.59 Å². The van der Waals surface area contributed by atoms with Crippen LogP contribution in [0.25, 0.3) is 0 Å². The SMILES string of the molecule is O=C(O)[C@H]1CCCC[C@H]1C(=O)NCCc1ccc(O)c(O)c1. The van der Waals surface area contributed by atoms with Gasteiger partial charge in [0.15, 0.2) is 11.5 Å². The van der Waals surface area contributed by atoms with Crippen molar-refractivity contribution >= 4 is 11.9 Å². The number of carbonyl (C=O) groups excluding carboxylic acids is 1. The number of carboxylic acids is 1. The molecule has 1 aromatic rings. The topological polar surface area (TPSA) is 107 Å². The van der Waals surface area contributed by atoms with Crippen LogP contribution in [0.5, 0.6) is 11.5 Å². The largest absolute Gasteiger partial charge is 0.504 e. The van der Waals surface area contributed by atoms with E-state index < -0.39 is 17.8 Å². The average Bonchev–Trinajstić information content (AvgIpc) is 2.50. The number of phenolic OH excluding ortho intramolecular Hbond substituents is 2. The molecular weight excluding hydrogens is 286 g/mol. The monoisotopic (exact) mass is 307 g/mol.